The molecule has 2 fully saturated rings. The van der Waals surface area contributed by atoms with Gasteiger partial charge in [-0.1, -0.05) is 24.3 Å². The van der Waals surface area contributed by atoms with Crippen molar-refractivity contribution in [2.75, 3.05) is 19.8 Å². The average molecular weight is 446 g/mol. The summed E-state index contributed by atoms with van der Waals surface area (Å²) in [5.74, 6) is -1.49. The zero-order valence-corrected chi connectivity index (χ0v) is 17.9. The van der Waals surface area contributed by atoms with Crippen LogP contribution in [0.1, 0.15) is 28.7 Å². The predicted molar refractivity (Wildman–Crippen MR) is 114 cm³/mol. The number of ether oxygens (including phenoxy) is 3. The molecule has 2 aliphatic rings. The van der Waals surface area contributed by atoms with Gasteiger partial charge in [-0.15, -0.1) is 0 Å². The predicted octanol–water partition coefficient (Wildman–Crippen LogP) is 0.372. The van der Waals surface area contributed by atoms with Crippen LogP contribution in [0.4, 0.5) is 0 Å². The second-order valence-electron chi connectivity index (χ2n) is 8.53. The van der Waals surface area contributed by atoms with Gasteiger partial charge in [-0.2, -0.15) is 0 Å². The second-order valence-corrected chi connectivity index (χ2v) is 8.53. The lowest BCUT2D eigenvalue weighted by molar-refractivity contribution is -0.357. The van der Waals surface area contributed by atoms with Crippen molar-refractivity contribution in [2.24, 2.45) is 0 Å². The fraction of sp³-hybridized carbons (Fsp3) is 0.500. The number of aryl methyl sites for hydroxylation is 1. The van der Waals surface area contributed by atoms with Crippen molar-refractivity contribution in [2.45, 2.75) is 56.1 Å². The van der Waals surface area contributed by atoms with E-state index in [1.807, 2.05) is 31.2 Å². The highest BCUT2D eigenvalue weighted by Crippen LogP contribution is 2.37. The van der Waals surface area contributed by atoms with Crippen molar-refractivity contribution in [1.82, 2.24) is 0 Å². The number of aliphatic hydroxyl groups excluding tert-OH is 4. The lowest BCUT2D eigenvalue weighted by Gasteiger charge is -2.45. The molecule has 5 N–H and O–H groups in total. The van der Waals surface area contributed by atoms with Crippen LogP contribution in [0.15, 0.2) is 42.5 Å². The molecule has 0 spiro atoms. The molecule has 6 atom stereocenters. The molecule has 2 aliphatic heterocycles. The van der Waals surface area contributed by atoms with E-state index in [1.165, 1.54) is 0 Å². The van der Waals surface area contributed by atoms with Crippen LogP contribution in [-0.4, -0.2) is 75.9 Å². The van der Waals surface area contributed by atoms with E-state index >= 15 is 0 Å². The van der Waals surface area contributed by atoms with Crippen LogP contribution in [0.2, 0.25) is 0 Å². The lowest BCUT2D eigenvalue weighted by Crippen LogP contribution is -2.63. The minimum absolute atomic E-state index is 0.0825. The third-order valence-corrected chi connectivity index (χ3v) is 6.24. The third kappa shape index (κ3) is 4.53. The maximum Gasteiger partial charge on any atom is 0.222 e. The monoisotopic (exact) mass is 446 g/mol. The van der Waals surface area contributed by atoms with Crippen LogP contribution in [-0.2, 0) is 21.7 Å². The van der Waals surface area contributed by atoms with E-state index in [4.69, 9.17) is 14.2 Å². The zero-order chi connectivity index (χ0) is 22.9. The number of hydrogen-bond acceptors (Lipinski definition) is 8. The summed E-state index contributed by atoms with van der Waals surface area (Å²) >= 11 is 0. The highest BCUT2D eigenvalue weighted by molar-refractivity contribution is 5.39. The molecule has 8 heteroatoms. The number of rotatable bonds is 6. The summed E-state index contributed by atoms with van der Waals surface area (Å²) in [5.41, 5.74) is 3.13. The first-order valence-electron chi connectivity index (χ1n) is 10.8. The van der Waals surface area contributed by atoms with Gasteiger partial charge in [-0.25, -0.2) is 0 Å². The Hall–Kier alpha value is -2.04. The van der Waals surface area contributed by atoms with Gasteiger partial charge in [0.1, 0.15) is 36.3 Å². The Balaban J connectivity index is 1.53. The van der Waals surface area contributed by atoms with Crippen molar-refractivity contribution in [3.63, 3.8) is 0 Å². The Labute approximate surface area is 186 Å². The molecule has 4 rings (SSSR count). The maximum absolute atomic E-state index is 11.1. The van der Waals surface area contributed by atoms with E-state index in [9.17, 15) is 25.5 Å². The van der Waals surface area contributed by atoms with Gasteiger partial charge in [0.15, 0.2) is 0 Å². The molecule has 0 radical (unpaired) electrons. The van der Waals surface area contributed by atoms with Crippen molar-refractivity contribution in [3.05, 3.63) is 64.7 Å². The number of aliphatic hydroxyl groups is 5. The standard InChI is InChI=1S/C24H30O8/c1-14-2-5-17(24(29)23(28)22(27)21(26)20(12-25)32-24)11-16(14)10-15-3-6-18(7-4-15)31-19-8-9-30-13-19/h2-7,11,19-23,25-29H,8-10,12-13H2,1H3/t19-,20-,21-,22+,23-,24?/m1/s1. The summed E-state index contributed by atoms with van der Waals surface area (Å²) in [7, 11) is 0. The molecular weight excluding hydrogens is 416 g/mol. The Morgan fingerprint density at radius 2 is 1.81 bits per heavy atom. The van der Waals surface area contributed by atoms with E-state index in [0.717, 1.165) is 35.5 Å². The Morgan fingerprint density at radius 1 is 1.06 bits per heavy atom. The quantitative estimate of drug-likeness (QED) is 0.431. The SMILES string of the molecule is Cc1ccc(C2(O)O[C@H](CO)[C@@H](O)[C@H](O)[C@H]2O)cc1Cc1ccc(O[C@@H]2CCOC2)cc1. The molecule has 2 aromatic rings. The number of hydrogen-bond donors (Lipinski definition) is 5. The van der Waals surface area contributed by atoms with Gasteiger partial charge in [-0.3, -0.25) is 0 Å². The zero-order valence-electron chi connectivity index (χ0n) is 17.9. The largest absolute Gasteiger partial charge is 0.488 e. The van der Waals surface area contributed by atoms with Crippen molar-refractivity contribution in [1.29, 1.82) is 0 Å². The van der Waals surface area contributed by atoms with Crippen LogP contribution < -0.4 is 4.74 Å². The van der Waals surface area contributed by atoms with Crippen molar-refractivity contribution >= 4 is 0 Å². The first-order chi connectivity index (χ1) is 15.3. The smallest absolute Gasteiger partial charge is 0.222 e. The first kappa shape index (κ1) is 23.1. The van der Waals surface area contributed by atoms with E-state index in [1.54, 1.807) is 18.2 Å². The maximum atomic E-state index is 11.1. The molecule has 1 unspecified atom stereocenters. The van der Waals surface area contributed by atoms with Crippen LogP contribution in [0.5, 0.6) is 5.75 Å². The Kier molecular flexibility index (Phi) is 6.83. The molecular formula is C24H30O8. The van der Waals surface area contributed by atoms with Gasteiger partial charge in [0.25, 0.3) is 0 Å². The summed E-state index contributed by atoms with van der Waals surface area (Å²) in [6, 6.07) is 12.9. The van der Waals surface area contributed by atoms with Gasteiger partial charge in [0.2, 0.25) is 5.79 Å². The molecule has 0 saturated carbocycles. The molecule has 0 bridgehead atoms. The fourth-order valence-electron chi connectivity index (χ4n) is 4.18. The molecule has 2 heterocycles. The summed E-state index contributed by atoms with van der Waals surface area (Å²) in [6.07, 6.45) is -4.68. The highest BCUT2D eigenvalue weighted by atomic mass is 16.7. The summed E-state index contributed by atoms with van der Waals surface area (Å²) in [5, 5.41) is 51.1. The molecule has 8 nitrogen and oxygen atoms in total. The van der Waals surface area contributed by atoms with Crippen LogP contribution >= 0.6 is 0 Å². The van der Waals surface area contributed by atoms with Crippen molar-refractivity contribution < 1.29 is 39.7 Å². The minimum atomic E-state index is -2.27. The Bertz CT molecular complexity index is 909. The van der Waals surface area contributed by atoms with Gasteiger partial charge < -0.3 is 39.7 Å². The normalized spacial score (nSPS) is 32.8. The average Bonchev–Trinajstić information content (AvgIpc) is 3.30. The third-order valence-electron chi connectivity index (χ3n) is 6.24. The van der Waals surface area contributed by atoms with E-state index in [2.05, 4.69) is 0 Å². The van der Waals surface area contributed by atoms with E-state index in [-0.39, 0.29) is 11.7 Å². The van der Waals surface area contributed by atoms with Gasteiger partial charge in [0.05, 0.1) is 19.8 Å². The summed E-state index contributed by atoms with van der Waals surface area (Å²) < 4.78 is 16.7. The van der Waals surface area contributed by atoms with E-state index in [0.29, 0.717) is 13.0 Å². The summed E-state index contributed by atoms with van der Waals surface area (Å²) in [6.45, 7) is 2.65. The van der Waals surface area contributed by atoms with Gasteiger partial charge >= 0.3 is 0 Å². The lowest BCUT2D eigenvalue weighted by atomic mass is 9.86. The molecule has 174 valence electrons. The van der Waals surface area contributed by atoms with Crippen molar-refractivity contribution in [3.8, 4) is 5.75 Å². The summed E-state index contributed by atoms with van der Waals surface area (Å²) in [4.78, 5) is 0. The molecule has 0 aliphatic carbocycles. The van der Waals surface area contributed by atoms with Crippen LogP contribution in [0.25, 0.3) is 0 Å². The Morgan fingerprint density at radius 3 is 2.47 bits per heavy atom. The number of benzene rings is 2. The first-order valence-corrected chi connectivity index (χ1v) is 10.8. The van der Waals surface area contributed by atoms with Crippen LogP contribution in [0.3, 0.4) is 0 Å². The molecule has 2 saturated heterocycles. The topological polar surface area (TPSA) is 129 Å². The second kappa shape index (κ2) is 9.44. The molecule has 0 amide bonds. The van der Waals surface area contributed by atoms with Crippen LogP contribution in [0, 0.1) is 6.92 Å². The fourth-order valence-corrected chi connectivity index (χ4v) is 4.18. The highest BCUT2D eigenvalue weighted by Gasteiger charge is 2.53. The molecule has 0 aromatic heterocycles. The minimum Gasteiger partial charge on any atom is -0.488 e. The molecule has 32 heavy (non-hydrogen) atoms. The van der Waals surface area contributed by atoms with Gasteiger partial charge in [-0.05, 0) is 48.2 Å². The van der Waals surface area contributed by atoms with E-state index < -0.39 is 36.8 Å². The molecule has 2 aromatic carbocycles. The van der Waals surface area contributed by atoms with Gasteiger partial charge in [0, 0.05) is 12.0 Å².